The maximum Gasteiger partial charge on any atom is 0.0333 e. The quantitative estimate of drug-likeness (QED) is 0.915. The summed E-state index contributed by atoms with van der Waals surface area (Å²) in [5, 5.41) is 0. The van der Waals surface area contributed by atoms with Gasteiger partial charge in [-0.05, 0) is 32.4 Å². The van der Waals surface area contributed by atoms with Crippen LogP contribution in [0.4, 0.5) is 0 Å². The molecule has 0 radical (unpaired) electrons. The lowest BCUT2D eigenvalue weighted by Crippen LogP contribution is -2.58. The van der Waals surface area contributed by atoms with E-state index in [1.807, 2.05) is 6.07 Å². The minimum Gasteiger partial charge on any atom is -0.324 e. The Morgan fingerprint density at radius 1 is 1.20 bits per heavy atom. The molecule has 2 N–H and O–H groups in total. The summed E-state index contributed by atoms with van der Waals surface area (Å²) in [4.78, 5) is 5.01. The van der Waals surface area contributed by atoms with E-state index in [9.17, 15) is 0 Å². The highest BCUT2D eigenvalue weighted by Crippen LogP contribution is 2.23. The van der Waals surface area contributed by atoms with Crippen molar-refractivity contribution in [3.63, 3.8) is 0 Å². The van der Waals surface area contributed by atoms with E-state index in [0.29, 0.717) is 5.92 Å². The lowest BCUT2D eigenvalue weighted by molar-refractivity contribution is 0.0314. The monoisotopic (exact) mass is 275 g/mol. The summed E-state index contributed by atoms with van der Waals surface area (Å²) in [6.07, 6.45) is 0. The molecule has 0 spiro atoms. The van der Waals surface area contributed by atoms with Crippen LogP contribution in [0.3, 0.4) is 0 Å². The van der Waals surface area contributed by atoms with Crippen LogP contribution < -0.4 is 5.73 Å². The Hall–Kier alpha value is -0.900. The van der Waals surface area contributed by atoms with Gasteiger partial charge in [-0.1, -0.05) is 37.3 Å². The van der Waals surface area contributed by atoms with Crippen LogP contribution in [-0.4, -0.2) is 48.6 Å². The second kappa shape index (κ2) is 6.25. The van der Waals surface area contributed by atoms with Gasteiger partial charge >= 0.3 is 0 Å². The Labute approximate surface area is 123 Å². The summed E-state index contributed by atoms with van der Waals surface area (Å²) in [5.74, 6) is 0.469. The first-order chi connectivity index (χ1) is 9.40. The lowest BCUT2D eigenvalue weighted by atomic mass is 9.93. The largest absolute Gasteiger partial charge is 0.324 e. The van der Waals surface area contributed by atoms with Crippen molar-refractivity contribution >= 4 is 0 Å². The molecule has 1 aliphatic heterocycles. The Morgan fingerprint density at radius 3 is 2.45 bits per heavy atom. The molecule has 0 bridgehead atoms. The molecule has 1 aliphatic rings. The molecule has 1 fully saturated rings. The van der Waals surface area contributed by atoms with E-state index in [2.05, 4.69) is 61.9 Å². The minimum atomic E-state index is 0.124. The lowest BCUT2D eigenvalue weighted by Gasteiger charge is -2.46. The van der Waals surface area contributed by atoms with Gasteiger partial charge in [-0.2, -0.15) is 0 Å². The number of nitrogens with two attached hydrogens (primary N) is 1. The molecule has 0 aromatic heterocycles. The maximum absolute atomic E-state index is 6.41. The molecule has 2 rings (SSSR count). The summed E-state index contributed by atoms with van der Waals surface area (Å²) in [5.41, 5.74) is 7.92. The van der Waals surface area contributed by atoms with Crippen molar-refractivity contribution in [3.8, 4) is 0 Å². The van der Waals surface area contributed by atoms with Crippen molar-refractivity contribution in [3.05, 3.63) is 35.9 Å². The summed E-state index contributed by atoms with van der Waals surface area (Å²) in [6.45, 7) is 11.4. The van der Waals surface area contributed by atoms with Gasteiger partial charge in [-0.3, -0.25) is 9.80 Å². The van der Waals surface area contributed by atoms with Gasteiger partial charge in [0.25, 0.3) is 0 Å². The molecule has 1 aromatic rings. The average molecular weight is 275 g/mol. The van der Waals surface area contributed by atoms with Crippen LogP contribution in [0.5, 0.6) is 0 Å². The highest BCUT2D eigenvalue weighted by atomic mass is 15.3. The number of nitrogens with zero attached hydrogens (tertiary/aromatic N) is 2. The van der Waals surface area contributed by atoms with Gasteiger partial charge in [0, 0.05) is 37.8 Å². The number of hydrogen-bond acceptors (Lipinski definition) is 3. The smallest absolute Gasteiger partial charge is 0.0333 e. The van der Waals surface area contributed by atoms with Gasteiger partial charge in [0.1, 0.15) is 0 Å². The first kappa shape index (κ1) is 15.5. The van der Waals surface area contributed by atoms with Crippen LogP contribution in [-0.2, 0) is 0 Å². The number of rotatable bonds is 4. The third kappa shape index (κ3) is 3.60. The SMILES string of the molecule is CC(CN1CCN(C)C(C)(C)C1)C(N)c1ccccc1. The molecule has 3 nitrogen and oxygen atoms in total. The van der Waals surface area contributed by atoms with Gasteiger partial charge in [0.05, 0.1) is 0 Å². The van der Waals surface area contributed by atoms with E-state index in [-0.39, 0.29) is 11.6 Å². The van der Waals surface area contributed by atoms with Crippen LogP contribution in [0.25, 0.3) is 0 Å². The van der Waals surface area contributed by atoms with Crippen molar-refractivity contribution in [2.75, 3.05) is 33.2 Å². The zero-order valence-corrected chi connectivity index (χ0v) is 13.3. The topological polar surface area (TPSA) is 32.5 Å². The van der Waals surface area contributed by atoms with Crippen LogP contribution in [0.2, 0.25) is 0 Å². The highest BCUT2D eigenvalue weighted by molar-refractivity contribution is 5.19. The molecule has 0 aliphatic carbocycles. The molecule has 1 saturated heterocycles. The molecule has 0 saturated carbocycles. The Bertz CT molecular complexity index is 416. The predicted octanol–water partition coefficient (Wildman–Crippen LogP) is 2.35. The van der Waals surface area contributed by atoms with E-state index in [0.717, 1.165) is 26.2 Å². The number of hydrogen-bond donors (Lipinski definition) is 1. The number of benzene rings is 1. The molecular weight excluding hydrogens is 246 g/mol. The van der Waals surface area contributed by atoms with E-state index in [1.165, 1.54) is 5.56 Å². The first-order valence-corrected chi connectivity index (χ1v) is 7.64. The van der Waals surface area contributed by atoms with Crippen LogP contribution >= 0.6 is 0 Å². The maximum atomic E-state index is 6.41. The van der Waals surface area contributed by atoms with E-state index >= 15 is 0 Å². The third-order valence-corrected chi connectivity index (χ3v) is 4.74. The van der Waals surface area contributed by atoms with Crippen LogP contribution in [0, 0.1) is 5.92 Å². The van der Waals surface area contributed by atoms with Crippen molar-refractivity contribution in [2.24, 2.45) is 11.7 Å². The summed E-state index contributed by atoms with van der Waals surface area (Å²) in [6, 6.07) is 10.6. The Morgan fingerprint density at radius 2 is 1.85 bits per heavy atom. The highest BCUT2D eigenvalue weighted by Gasteiger charge is 2.32. The van der Waals surface area contributed by atoms with E-state index in [4.69, 9.17) is 5.73 Å². The summed E-state index contributed by atoms with van der Waals surface area (Å²) < 4.78 is 0. The van der Waals surface area contributed by atoms with Crippen molar-refractivity contribution in [1.82, 2.24) is 9.80 Å². The second-order valence-electron chi connectivity index (χ2n) is 6.88. The first-order valence-electron chi connectivity index (χ1n) is 7.64. The zero-order chi connectivity index (χ0) is 14.8. The van der Waals surface area contributed by atoms with Gasteiger partial charge in [-0.15, -0.1) is 0 Å². The molecule has 112 valence electrons. The molecule has 3 heteroatoms. The summed E-state index contributed by atoms with van der Waals surface area (Å²) in [7, 11) is 2.22. The van der Waals surface area contributed by atoms with Gasteiger partial charge in [0.15, 0.2) is 0 Å². The predicted molar refractivity (Wildman–Crippen MR) is 85.7 cm³/mol. The van der Waals surface area contributed by atoms with Crippen molar-refractivity contribution < 1.29 is 0 Å². The molecular formula is C17H29N3. The zero-order valence-electron chi connectivity index (χ0n) is 13.3. The third-order valence-electron chi connectivity index (χ3n) is 4.74. The van der Waals surface area contributed by atoms with Gasteiger partial charge in [0.2, 0.25) is 0 Å². The fourth-order valence-electron chi connectivity index (χ4n) is 3.02. The molecule has 20 heavy (non-hydrogen) atoms. The number of piperazine rings is 1. The average Bonchev–Trinajstić information content (AvgIpc) is 2.42. The van der Waals surface area contributed by atoms with Crippen molar-refractivity contribution in [1.29, 1.82) is 0 Å². The molecule has 2 atom stereocenters. The fraction of sp³-hybridized carbons (Fsp3) is 0.647. The number of likely N-dealkylation sites (N-methyl/N-ethyl adjacent to an activating group) is 1. The molecule has 2 unspecified atom stereocenters. The van der Waals surface area contributed by atoms with Crippen LogP contribution in [0.15, 0.2) is 30.3 Å². The molecule has 1 heterocycles. The van der Waals surface area contributed by atoms with E-state index < -0.39 is 0 Å². The molecule has 0 amide bonds. The second-order valence-corrected chi connectivity index (χ2v) is 6.88. The standard InChI is InChI=1S/C17H29N3/c1-14(16(18)15-8-6-5-7-9-15)12-20-11-10-19(4)17(2,3)13-20/h5-9,14,16H,10-13,18H2,1-4H3. The fourth-order valence-corrected chi connectivity index (χ4v) is 3.02. The Balaban J connectivity index is 1.93. The van der Waals surface area contributed by atoms with Gasteiger partial charge in [-0.25, -0.2) is 0 Å². The van der Waals surface area contributed by atoms with E-state index in [1.54, 1.807) is 0 Å². The van der Waals surface area contributed by atoms with Crippen molar-refractivity contribution in [2.45, 2.75) is 32.4 Å². The normalized spacial score (nSPS) is 23.4. The van der Waals surface area contributed by atoms with Gasteiger partial charge < -0.3 is 5.73 Å². The minimum absolute atomic E-state index is 0.124. The molecule has 1 aromatic carbocycles. The van der Waals surface area contributed by atoms with Crippen LogP contribution in [0.1, 0.15) is 32.4 Å². The summed E-state index contributed by atoms with van der Waals surface area (Å²) >= 11 is 0. The Kier molecular flexibility index (Phi) is 4.84.